The van der Waals surface area contributed by atoms with E-state index in [0.29, 0.717) is 29.0 Å². The molecule has 90 valence electrons. The average molecular weight is 254 g/mol. The quantitative estimate of drug-likeness (QED) is 0.904. The smallest absolute Gasteiger partial charge is 0.240 e. The van der Waals surface area contributed by atoms with Crippen molar-refractivity contribution in [2.45, 2.75) is 6.54 Å². The fraction of sp³-hybridized carbons (Fsp3) is 0.273. The van der Waals surface area contributed by atoms with Crippen LogP contribution in [0.2, 0.25) is 5.02 Å². The minimum Gasteiger partial charge on any atom is -0.496 e. The average Bonchev–Trinajstić information content (AvgIpc) is 2.78. The first kappa shape index (κ1) is 11.9. The van der Waals surface area contributed by atoms with Gasteiger partial charge in [0, 0.05) is 5.02 Å². The number of hydrogen-bond acceptors (Lipinski definition) is 5. The molecule has 0 aliphatic carbocycles. The Morgan fingerprint density at radius 3 is 3.00 bits per heavy atom. The van der Waals surface area contributed by atoms with Gasteiger partial charge in [0.25, 0.3) is 0 Å². The lowest BCUT2D eigenvalue weighted by atomic mass is 10.2. The molecule has 0 saturated carbocycles. The molecule has 0 bridgehead atoms. The third kappa shape index (κ3) is 2.57. The van der Waals surface area contributed by atoms with Crippen LogP contribution in [0.3, 0.4) is 0 Å². The third-order valence-corrected chi connectivity index (χ3v) is 2.44. The third-order valence-electron chi connectivity index (χ3n) is 2.20. The number of rotatable bonds is 4. The molecular formula is C11H12ClN3O2. The highest BCUT2D eigenvalue weighted by Gasteiger charge is 2.13. The van der Waals surface area contributed by atoms with E-state index in [4.69, 9.17) is 20.9 Å². The van der Waals surface area contributed by atoms with E-state index in [1.165, 1.54) is 0 Å². The number of halogens is 1. The maximum Gasteiger partial charge on any atom is 0.240 e. The molecule has 17 heavy (non-hydrogen) atoms. The maximum absolute atomic E-state index is 5.88. The van der Waals surface area contributed by atoms with Crippen molar-refractivity contribution in [3.63, 3.8) is 0 Å². The summed E-state index contributed by atoms with van der Waals surface area (Å²) in [5, 5.41) is 7.43. The Kier molecular flexibility index (Phi) is 3.61. The standard InChI is InChI=1S/C11H12ClN3O2/c1-13-6-10-14-11(15-17-10)8-4-3-7(12)5-9(8)16-2/h3-5,13H,6H2,1-2H3. The Bertz CT molecular complexity index is 513. The predicted octanol–water partition coefficient (Wildman–Crippen LogP) is 2.12. The lowest BCUT2D eigenvalue weighted by Crippen LogP contribution is -2.04. The van der Waals surface area contributed by atoms with Crippen molar-refractivity contribution in [1.82, 2.24) is 15.5 Å². The molecule has 1 aromatic heterocycles. The first-order chi connectivity index (χ1) is 8.24. The summed E-state index contributed by atoms with van der Waals surface area (Å²) < 4.78 is 10.3. The predicted molar refractivity (Wildman–Crippen MR) is 64.1 cm³/mol. The zero-order chi connectivity index (χ0) is 12.3. The van der Waals surface area contributed by atoms with Gasteiger partial charge in [-0.05, 0) is 25.2 Å². The number of aromatic nitrogens is 2. The van der Waals surface area contributed by atoms with Crippen LogP contribution in [0.5, 0.6) is 5.75 Å². The van der Waals surface area contributed by atoms with Crippen LogP contribution < -0.4 is 10.1 Å². The number of ether oxygens (including phenoxy) is 1. The first-order valence-corrected chi connectivity index (χ1v) is 5.43. The van der Waals surface area contributed by atoms with Crippen LogP contribution in [-0.4, -0.2) is 24.3 Å². The van der Waals surface area contributed by atoms with Crippen LogP contribution in [0.4, 0.5) is 0 Å². The molecule has 1 N–H and O–H groups in total. The van der Waals surface area contributed by atoms with Crippen molar-refractivity contribution < 1.29 is 9.26 Å². The molecule has 0 aliphatic heterocycles. The van der Waals surface area contributed by atoms with Crippen LogP contribution >= 0.6 is 11.6 Å². The molecular weight excluding hydrogens is 242 g/mol. The van der Waals surface area contributed by atoms with Gasteiger partial charge < -0.3 is 14.6 Å². The summed E-state index contributed by atoms with van der Waals surface area (Å²) in [5.41, 5.74) is 0.753. The van der Waals surface area contributed by atoms with Gasteiger partial charge in [-0.1, -0.05) is 16.8 Å². The number of hydrogen-bond donors (Lipinski definition) is 1. The van der Waals surface area contributed by atoms with E-state index >= 15 is 0 Å². The molecule has 0 amide bonds. The monoisotopic (exact) mass is 253 g/mol. The summed E-state index contributed by atoms with van der Waals surface area (Å²) in [4.78, 5) is 4.25. The highest BCUT2D eigenvalue weighted by molar-refractivity contribution is 6.30. The lowest BCUT2D eigenvalue weighted by Gasteiger charge is -2.04. The number of nitrogens with one attached hydrogen (secondary N) is 1. The Hall–Kier alpha value is -1.59. The van der Waals surface area contributed by atoms with Gasteiger partial charge in [0.05, 0.1) is 19.2 Å². The van der Waals surface area contributed by atoms with Gasteiger partial charge in [0.15, 0.2) is 0 Å². The zero-order valence-corrected chi connectivity index (χ0v) is 10.3. The molecule has 5 nitrogen and oxygen atoms in total. The minimum atomic E-state index is 0.490. The van der Waals surface area contributed by atoms with E-state index in [-0.39, 0.29) is 0 Å². The summed E-state index contributed by atoms with van der Waals surface area (Å²) in [6.07, 6.45) is 0. The molecule has 0 radical (unpaired) electrons. The Labute approximate surface area is 104 Å². The Morgan fingerprint density at radius 1 is 1.47 bits per heavy atom. The van der Waals surface area contributed by atoms with Crippen molar-refractivity contribution in [3.8, 4) is 17.1 Å². The van der Waals surface area contributed by atoms with Crippen LogP contribution in [0.1, 0.15) is 5.89 Å². The second-order valence-corrected chi connectivity index (χ2v) is 3.82. The second-order valence-electron chi connectivity index (χ2n) is 3.39. The summed E-state index contributed by atoms with van der Waals surface area (Å²) >= 11 is 5.88. The summed E-state index contributed by atoms with van der Waals surface area (Å²) in [6.45, 7) is 0.531. The summed E-state index contributed by atoms with van der Waals surface area (Å²) in [5.74, 6) is 1.64. The molecule has 1 heterocycles. The topological polar surface area (TPSA) is 60.2 Å². The fourth-order valence-corrected chi connectivity index (χ4v) is 1.60. The molecule has 0 fully saturated rings. The Morgan fingerprint density at radius 2 is 2.29 bits per heavy atom. The van der Waals surface area contributed by atoms with Crippen molar-refractivity contribution in [3.05, 3.63) is 29.1 Å². The van der Waals surface area contributed by atoms with Crippen LogP contribution in [0, 0.1) is 0 Å². The van der Waals surface area contributed by atoms with Crippen molar-refractivity contribution in [2.24, 2.45) is 0 Å². The van der Waals surface area contributed by atoms with Gasteiger partial charge in [-0.15, -0.1) is 0 Å². The van der Waals surface area contributed by atoms with Crippen LogP contribution in [0.15, 0.2) is 22.7 Å². The largest absolute Gasteiger partial charge is 0.496 e. The highest BCUT2D eigenvalue weighted by atomic mass is 35.5. The second kappa shape index (κ2) is 5.16. The molecule has 0 spiro atoms. The summed E-state index contributed by atoms with van der Waals surface area (Å²) in [6, 6.07) is 5.27. The maximum atomic E-state index is 5.88. The zero-order valence-electron chi connectivity index (χ0n) is 9.53. The van der Waals surface area contributed by atoms with Gasteiger partial charge in [0.2, 0.25) is 11.7 Å². The van der Waals surface area contributed by atoms with Crippen LogP contribution in [-0.2, 0) is 6.54 Å². The number of benzene rings is 1. The lowest BCUT2D eigenvalue weighted by molar-refractivity contribution is 0.371. The summed E-state index contributed by atoms with van der Waals surface area (Å²) in [7, 11) is 3.39. The number of methoxy groups -OCH3 is 1. The van der Waals surface area contributed by atoms with Gasteiger partial charge in [-0.25, -0.2) is 0 Å². The molecule has 0 aliphatic rings. The van der Waals surface area contributed by atoms with Gasteiger partial charge >= 0.3 is 0 Å². The van der Waals surface area contributed by atoms with Crippen LogP contribution in [0.25, 0.3) is 11.4 Å². The van der Waals surface area contributed by atoms with E-state index < -0.39 is 0 Å². The minimum absolute atomic E-state index is 0.490. The Balaban J connectivity index is 2.37. The fourth-order valence-electron chi connectivity index (χ4n) is 1.44. The first-order valence-electron chi connectivity index (χ1n) is 5.05. The van der Waals surface area contributed by atoms with E-state index in [1.54, 1.807) is 25.3 Å². The van der Waals surface area contributed by atoms with E-state index in [9.17, 15) is 0 Å². The molecule has 0 unspecified atom stereocenters. The van der Waals surface area contributed by atoms with Crippen molar-refractivity contribution in [2.75, 3.05) is 14.2 Å². The van der Waals surface area contributed by atoms with Crippen molar-refractivity contribution >= 4 is 11.6 Å². The van der Waals surface area contributed by atoms with Gasteiger partial charge in [-0.3, -0.25) is 0 Å². The molecule has 2 rings (SSSR count). The number of nitrogens with zero attached hydrogens (tertiary/aromatic N) is 2. The highest BCUT2D eigenvalue weighted by Crippen LogP contribution is 2.30. The van der Waals surface area contributed by atoms with E-state index in [0.717, 1.165) is 5.56 Å². The molecule has 0 atom stereocenters. The van der Waals surface area contributed by atoms with Gasteiger partial charge in [0.1, 0.15) is 5.75 Å². The molecule has 1 aromatic carbocycles. The molecule has 0 saturated heterocycles. The molecule has 2 aromatic rings. The normalized spacial score (nSPS) is 10.5. The van der Waals surface area contributed by atoms with Gasteiger partial charge in [-0.2, -0.15) is 4.98 Å². The SMILES string of the molecule is CNCc1nc(-c2ccc(Cl)cc2OC)no1. The van der Waals surface area contributed by atoms with Crippen molar-refractivity contribution in [1.29, 1.82) is 0 Å². The van der Waals surface area contributed by atoms with E-state index in [2.05, 4.69) is 15.5 Å². The molecule has 6 heteroatoms. The van der Waals surface area contributed by atoms with E-state index in [1.807, 2.05) is 7.05 Å².